The highest BCUT2D eigenvalue weighted by atomic mass is 15.4. The Hall–Kier alpha value is -1.72. The van der Waals surface area contributed by atoms with Gasteiger partial charge in [-0.05, 0) is 12.3 Å². The molecule has 2 atom stereocenters. The van der Waals surface area contributed by atoms with Gasteiger partial charge in [0.2, 0.25) is 5.65 Å². The van der Waals surface area contributed by atoms with Crippen LogP contribution in [-0.2, 0) is 0 Å². The number of rotatable bonds is 1. The average Bonchev–Trinajstić information content (AvgIpc) is 2.75. The molecular weight excluding hydrogens is 216 g/mol. The molecule has 0 bridgehead atoms. The average molecular weight is 232 g/mol. The molecule has 6 nitrogen and oxygen atoms in total. The van der Waals surface area contributed by atoms with Gasteiger partial charge in [-0.1, -0.05) is 26.2 Å². The molecule has 1 fully saturated rings. The zero-order chi connectivity index (χ0) is 11.8. The summed E-state index contributed by atoms with van der Waals surface area (Å²) < 4.78 is 1.74. The maximum Gasteiger partial charge on any atom is 0.220 e. The first-order valence-electron chi connectivity index (χ1n) is 6.09. The first kappa shape index (κ1) is 10.4. The fraction of sp³-hybridized carbons (Fsp3) is 0.636. The molecule has 0 unspecified atom stereocenters. The number of hydrogen-bond acceptors (Lipinski definition) is 5. The van der Waals surface area contributed by atoms with Crippen LogP contribution in [0.25, 0.3) is 5.65 Å². The minimum atomic E-state index is 0.391. The summed E-state index contributed by atoms with van der Waals surface area (Å²) in [4.78, 5) is 3.93. The Kier molecular flexibility index (Phi) is 2.42. The van der Waals surface area contributed by atoms with E-state index in [0.717, 1.165) is 12.2 Å². The molecule has 1 saturated carbocycles. The van der Waals surface area contributed by atoms with Crippen molar-refractivity contribution in [3.8, 4) is 0 Å². The van der Waals surface area contributed by atoms with Crippen LogP contribution >= 0.6 is 0 Å². The van der Waals surface area contributed by atoms with E-state index >= 15 is 0 Å². The molecule has 17 heavy (non-hydrogen) atoms. The van der Waals surface area contributed by atoms with E-state index in [-0.39, 0.29) is 0 Å². The van der Waals surface area contributed by atoms with Crippen molar-refractivity contribution in [2.24, 2.45) is 5.92 Å². The predicted octanol–water partition coefficient (Wildman–Crippen LogP) is 1.40. The van der Waals surface area contributed by atoms with E-state index in [1.54, 1.807) is 4.52 Å². The van der Waals surface area contributed by atoms with E-state index < -0.39 is 0 Å². The molecule has 0 spiro atoms. The SMILES string of the molecule is C[C@H]1CCCC[C@@H]1c1nnc2c(N)ncnn12. The highest BCUT2D eigenvalue weighted by Crippen LogP contribution is 2.36. The third-order valence-corrected chi connectivity index (χ3v) is 3.70. The number of nitrogens with zero attached hydrogens (tertiary/aromatic N) is 5. The van der Waals surface area contributed by atoms with E-state index in [9.17, 15) is 0 Å². The van der Waals surface area contributed by atoms with Crippen molar-refractivity contribution in [1.29, 1.82) is 0 Å². The molecule has 0 saturated heterocycles. The van der Waals surface area contributed by atoms with Crippen molar-refractivity contribution in [2.75, 3.05) is 5.73 Å². The molecule has 6 heteroatoms. The molecule has 90 valence electrons. The Labute approximate surface area is 99.3 Å². The first-order chi connectivity index (χ1) is 8.27. The van der Waals surface area contributed by atoms with E-state index in [4.69, 9.17) is 5.73 Å². The minimum absolute atomic E-state index is 0.391. The third kappa shape index (κ3) is 1.64. The minimum Gasteiger partial charge on any atom is -0.380 e. The maximum absolute atomic E-state index is 5.76. The largest absolute Gasteiger partial charge is 0.380 e. The molecule has 2 N–H and O–H groups in total. The number of nitrogens with two attached hydrogens (primary N) is 1. The van der Waals surface area contributed by atoms with E-state index in [0.29, 0.717) is 23.3 Å². The zero-order valence-corrected chi connectivity index (χ0v) is 9.87. The third-order valence-electron chi connectivity index (χ3n) is 3.70. The molecule has 1 aliphatic rings. The summed E-state index contributed by atoms with van der Waals surface area (Å²) in [6.45, 7) is 2.27. The molecular formula is C11H16N6. The molecule has 0 aliphatic heterocycles. The fourth-order valence-corrected chi connectivity index (χ4v) is 2.69. The highest BCUT2D eigenvalue weighted by molar-refractivity contribution is 5.57. The van der Waals surface area contributed by atoms with Gasteiger partial charge < -0.3 is 5.73 Å². The van der Waals surface area contributed by atoms with Crippen molar-refractivity contribution in [3.05, 3.63) is 12.2 Å². The monoisotopic (exact) mass is 232 g/mol. The molecule has 3 rings (SSSR count). The Bertz CT molecular complexity index is 534. The number of fused-ring (bicyclic) bond motifs is 1. The van der Waals surface area contributed by atoms with Crippen molar-refractivity contribution in [1.82, 2.24) is 24.8 Å². The topological polar surface area (TPSA) is 82.0 Å². The van der Waals surface area contributed by atoms with Crippen LogP contribution in [0, 0.1) is 5.92 Å². The second-order valence-electron chi connectivity index (χ2n) is 4.81. The lowest BCUT2D eigenvalue weighted by Crippen LogP contribution is -2.18. The van der Waals surface area contributed by atoms with E-state index in [2.05, 4.69) is 27.2 Å². The Balaban J connectivity index is 2.08. The second kappa shape index (κ2) is 3.94. The maximum atomic E-state index is 5.76. The normalized spacial score (nSPS) is 25.2. The van der Waals surface area contributed by atoms with Crippen molar-refractivity contribution < 1.29 is 0 Å². The van der Waals surface area contributed by atoms with Crippen molar-refractivity contribution in [2.45, 2.75) is 38.5 Å². The molecule has 2 aromatic rings. The smallest absolute Gasteiger partial charge is 0.220 e. The summed E-state index contributed by atoms with van der Waals surface area (Å²) in [5, 5.41) is 12.6. The summed E-state index contributed by atoms with van der Waals surface area (Å²) in [5.41, 5.74) is 6.33. The van der Waals surface area contributed by atoms with Crippen LogP contribution in [-0.4, -0.2) is 24.8 Å². The molecule has 2 heterocycles. The summed E-state index contributed by atoms with van der Waals surface area (Å²) in [5.74, 6) is 2.39. The van der Waals surface area contributed by atoms with Crippen LogP contribution in [0.5, 0.6) is 0 Å². The first-order valence-corrected chi connectivity index (χ1v) is 6.09. The zero-order valence-electron chi connectivity index (χ0n) is 9.87. The Morgan fingerprint density at radius 2 is 2.12 bits per heavy atom. The van der Waals surface area contributed by atoms with Crippen molar-refractivity contribution >= 4 is 11.5 Å². The van der Waals surface area contributed by atoms with Crippen LogP contribution in [0.4, 0.5) is 5.82 Å². The molecule has 1 aliphatic carbocycles. The quantitative estimate of drug-likeness (QED) is 0.803. The fourth-order valence-electron chi connectivity index (χ4n) is 2.69. The molecule has 0 amide bonds. The van der Waals surface area contributed by atoms with E-state index in [1.807, 2.05) is 0 Å². The molecule has 2 aromatic heterocycles. The lowest BCUT2D eigenvalue weighted by molar-refractivity contribution is 0.316. The van der Waals surface area contributed by atoms with Gasteiger partial charge in [0, 0.05) is 5.92 Å². The summed E-state index contributed by atoms with van der Waals surface area (Å²) in [6.07, 6.45) is 6.44. The molecule has 0 radical (unpaired) electrons. The second-order valence-corrected chi connectivity index (χ2v) is 4.81. The molecule has 0 aromatic carbocycles. The standard InChI is InChI=1S/C11H16N6/c1-7-4-2-3-5-8(7)10-15-16-11-9(12)13-6-14-17(10)11/h6-8H,2-5H2,1H3,(H2,12,13,14)/t7-,8-/m0/s1. The van der Waals surface area contributed by atoms with Gasteiger partial charge in [-0.3, -0.25) is 0 Å². The number of aromatic nitrogens is 5. The summed E-state index contributed by atoms with van der Waals surface area (Å²) in [7, 11) is 0. The van der Waals surface area contributed by atoms with Crippen LogP contribution in [0.2, 0.25) is 0 Å². The van der Waals surface area contributed by atoms with Gasteiger partial charge in [-0.2, -0.15) is 9.61 Å². The van der Waals surface area contributed by atoms with Crippen molar-refractivity contribution in [3.63, 3.8) is 0 Å². The Morgan fingerprint density at radius 1 is 1.29 bits per heavy atom. The van der Waals surface area contributed by atoms with Gasteiger partial charge in [0.25, 0.3) is 0 Å². The van der Waals surface area contributed by atoms with E-state index in [1.165, 1.54) is 25.6 Å². The van der Waals surface area contributed by atoms with Gasteiger partial charge in [0.05, 0.1) is 0 Å². The number of nitrogen functional groups attached to an aromatic ring is 1. The number of anilines is 1. The van der Waals surface area contributed by atoms with Gasteiger partial charge >= 0.3 is 0 Å². The van der Waals surface area contributed by atoms with Crippen LogP contribution in [0.3, 0.4) is 0 Å². The van der Waals surface area contributed by atoms with Gasteiger partial charge in [0.1, 0.15) is 6.33 Å². The van der Waals surface area contributed by atoms with Crippen LogP contribution < -0.4 is 5.73 Å². The predicted molar refractivity (Wildman–Crippen MR) is 63.4 cm³/mol. The van der Waals surface area contributed by atoms with Crippen LogP contribution in [0.15, 0.2) is 6.33 Å². The lowest BCUT2D eigenvalue weighted by Gasteiger charge is -2.26. The van der Waals surface area contributed by atoms with Gasteiger partial charge in [-0.25, -0.2) is 4.98 Å². The van der Waals surface area contributed by atoms with Gasteiger partial charge in [-0.15, -0.1) is 10.2 Å². The van der Waals surface area contributed by atoms with Crippen LogP contribution in [0.1, 0.15) is 44.3 Å². The number of hydrogen-bond donors (Lipinski definition) is 1. The highest BCUT2D eigenvalue weighted by Gasteiger charge is 2.27. The summed E-state index contributed by atoms with van der Waals surface area (Å²) in [6, 6.07) is 0. The summed E-state index contributed by atoms with van der Waals surface area (Å²) >= 11 is 0. The van der Waals surface area contributed by atoms with Gasteiger partial charge in [0.15, 0.2) is 11.6 Å². The Morgan fingerprint density at radius 3 is 2.94 bits per heavy atom. The lowest BCUT2D eigenvalue weighted by atomic mass is 9.80.